The van der Waals surface area contributed by atoms with E-state index in [0.717, 1.165) is 19.5 Å². The standard InChI is InChI=1S/C13H18N2/c1-10-8-14-6-4-12(10)13-5-7-15(3)9-11(13)2/h4,6,8H,5,7,9H2,1-3H3. The van der Waals surface area contributed by atoms with E-state index in [1.807, 2.05) is 12.4 Å². The summed E-state index contributed by atoms with van der Waals surface area (Å²) in [5, 5.41) is 0. The summed E-state index contributed by atoms with van der Waals surface area (Å²) in [6.07, 6.45) is 5.00. The van der Waals surface area contributed by atoms with Crippen LogP contribution in [0.2, 0.25) is 0 Å². The number of rotatable bonds is 1. The van der Waals surface area contributed by atoms with Gasteiger partial charge >= 0.3 is 0 Å². The van der Waals surface area contributed by atoms with Crippen LogP contribution < -0.4 is 0 Å². The van der Waals surface area contributed by atoms with E-state index < -0.39 is 0 Å². The summed E-state index contributed by atoms with van der Waals surface area (Å²) in [5.41, 5.74) is 5.69. The van der Waals surface area contributed by atoms with Gasteiger partial charge in [-0.2, -0.15) is 0 Å². The Kier molecular flexibility index (Phi) is 2.87. The summed E-state index contributed by atoms with van der Waals surface area (Å²) >= 11 is 0. The van der Waals surface area contributed by atoms with E-state index in [0.29, 0.717) is 0 Å². The molecule has 0 unspecified atom stereocenters. The minimum atomic E-state index is 1.09. The number of hydrogen-bond donors (Lipinski definition) is 0. The highest BCUT2D eigenvalue weighted by Gasteiger charge is 2.15. The van der Waals surface area contributed by atoms with Crippen LogP contribution in [-0.2, 0) is 0 Å². The molecular weight excluding hydrogens is 184 g/mol. The molecule has 2 heteroatoms. The zero-order chi connectivity index (χ0) is 10.8. The molecule has 0 spiro atoms. The second-order valence-corrected chi connectivity index (χ2v) is 4.44. The van der Waals surface area contributed by atoms with E-state index in [1.165, 1.54) is 22.3 Å². The van der Waals surface area contributed by atoms with E-state index >= 15 is 0 Å². The van der Waals surface area contributed by atoms with Crippen LogP contribution in [0.25, 0.3) is 5.57 Å². The molecule has 0 saturated carbocycles. The maximum atomic E-state index is 4.15. The molecular formula is C13H18N2. The number of aryl methyl sites for hydroxylation is 1. The summed E-state index contributed by atoms with van der Waals surface area (Å²) in [6.45, 7) is 6.64. The van der Waals surface area contributed by atoms with Gasteiger partial charge in [-0.25, -0.2) is 0 Å². The zero-order valence-electron chi connectivity index (χ0n) is 9.75. The van der Waals surface area contributed by atoms with Crippen LogP contribution in [-0.4, -0.2) is 30.0 Å². The molecule has 15 heavy (non-hydrogen) atoms. The molecule has 0 amide bonds. The average molecular weight is 202 g/mol. The Balaban J connectivity index is 2.39. The number of pyridine rings is 1. The van der Waals surface area contributed by atoms with Crippen molar-refractivity contribution < 1.29 is 0 Å². The molecule has 0 aromatic carbocycles. The third kappa shape index (κ3) is 2.10. The highest BCUT2D eigenvalue weighted by molar-refractivity contribution is 5.71. The molecule has 2 rings (SSSR count). The van der Waals surface area contributed by atoms with Crippen LogP contribution in [0.1, 0.15) is 24.5 Å². The van der Waals surface area contributed by atoms with Gasteiger partial charge < -0.3 is 4.90 Å². The molecule has 2 nitrogen and oxygen atoms in total. The lowest BCUT2D eigenvalue weighted by Gasteiger charge is -2.26. The van der Waals surface area contributed by atoms with Crippen molar-refractivity contribution in [3.05, 3.63) is 35.2 Å². The molecule has 0 saturated heterocycles. The summed E-state index contributed by atoms with van der Waals surface area (Å²) in [4.78, 5) is 6.52. The van der Waals surface area contributed by atoms with Crippen molar-refractivity contribution in [1.82, 2.24) is 9.88 Å². The lowest BCUT2D eigenvalue weighted by atomic mass is 9.93. The van der Waals surface area contributed by atoms with Gasteiger partial charge in [-0.1, -0.05) is 5.57 Å². The van der Waals surface area contributed by atoms with Gasteiger partial charge in [-0.05, 0) is 50.1 Å². The fourth-order valence-corrected chi connectivity index (χ4v) is 2.27. The predicted molar refractivity (Wildman–Crippen MR) is 63.7 cm³/mol. The molecule has 2 heterocycles. The third-order valence-electron chi connectivity index (χ3n) is 3.11. The summed E-state index contributed by atoms with van der Waals surface area (Å²) in [6, 6.07) is 2.14. The van der Waals surface area contributed by atoms with Crippen LogP contribution in [0.3, 0.4) is 0 Å². The SMILES string of the molecule is CC1=C(c2ccncc2C)CCN(C)C1. The van der Waals surface area contributed by atoms with Gasteiger partial charge in [0.1, 0.15) is 0 Å². The molecule has 0 radical (unpaired) electrons. The monoisotopic (exact) mass is 202 g/mol. The van der Waals surface area contributed by atoms with Crippen molar-refractivity contribution in [1.29, 1.82) is 0 Å². The van der Waals surface area contributed by atoms with Gasteiger partial charge in [0.15, 0.2) is 0 Å². The molecule has 80 valence electrons. The Hall–Kier alpha value is -1.15. The number of hydrogen-bond acceptors (Lipinski definition) is 2. The molecule has 1 aliphatic rings. The largest absolute Gasteiger partial charge is 0.302 e. The molecule has 0 atom stereocenters. The Morgan fingerprint density at radius 3 is 2.80 bits per heavy atom. The Bertz CT molecular complexity index is 393. The summed E-state index contributed by atoms with van der Waals surface area (Å²) in [5.74, 6) is 0. The summed E-state index contributed by atoms with van der Waals surface area (Å²) in [7, 11) is 2.18. The first-order valence-electron chi connectivity index (χ1n) is 5.46. The maximum absolute atomic E-state index is 4.15. The van der Waals surface area contributed by atoms with Crippen molar-refractivity contribution in [2.24, 2.45) is 0 Å². The number of aromatic nitrogens is 1. The number of nitrogens with zero attached hydrogens (tertiary/aromatic N) is 2. The smallest absolute Gasteiger partial charge is 0.0303 e. The lowest BCUT2D eigenvalue weighted by Crippen LogP contribution is -2.26. The van der Waals surface area contributed by atoms with Gasteiger partial charge in [-0.3, -0.25) is 4.98 Å². The first-order chi connectivity index (χ1) is 7.18. The van der Waals surface area contributed by atoms with Gasteiger partial charge in [0.2, 0.25) is 0 Å². The topological polar surface area (TPSA) is 16.1 Å². The van der Waals surface area contributed by atoms with Gasteiger partial charge in [0.25, 0.3) is 0 Å². The first-order valence-corrected chi connectivity index (χ1v) is 5.46. The van der Waals surface area contributed by atoms with E-state index in [2.05, 4.69) is 36.8 Å². The lowest BCUT2D eigenvalue weighted by molar-refractivity contribution is 0.359. The van der Waals surface area contributed by atoms with E-state index in [1.54, 1.807) is 0 Å². The van der Waals surface area contributed by atoms with Crippen LogP contribution in [0.15, 0.2) is 24.0 Å². The zero-order valence-corrected chi connectivity index (χ0v) is 9.75. The van der Waals surface area contributed by atoms with E-state index in [-0.39, 0.29) is 0 Å². The van der Waals surface area contributed by atoms with Crippen molar-refractivity contribution >= 4 is 5.57 Å². The van der Waals surface area contributed by atoms with Crippen LogP contribution >= 0.6 is 0 Å². The second-order valence-electron chi connectivity index (χ2n) is 4.44. The highest BCUT2D eigenvalue weighted by atomic mass is 15.1. The minimum absolute atomic E-state index is 1.09. The quantitative estimate of drug-likeness (QED) is 0.695. The summed E-state index contributed by atoms with van der Waals surface area (Å²) < 4.78 is 0. The van der Waals surface area contributed by atoms with E-state index in [9.17, 15) is 0 Å². The molecule has 1 aromatic heterocycles. The van der Waals surface area contributed by atoms with Crippen molar-refractivity contribution in [2.75, 3.05) is 20.1 Å². The average Bonchev–Trinajstić information content (AvgIpc) is 2.20. The van der Waals surface area contributed by atoms with Crippen LogP contribution in [0.5, 0.6) is 0 Å². The third-order valence-corrected chi connectivity index (χ3v) is 3.11. The van der Waals surface area contributed by atoms with Crippen molar-refractivity contribution in [2.45, 2.75) is 20.3 Å². The van der Waals surface area contributed by atoms with Gasteiger partial charge in [-0.15, -0.1) is 0 Å². The van der Waals surface area contributed by atoms with Crippen molar-refractivity contribution in [3.63, 3.8) is 0 Å². The fraction of sp³-hybridized carbons (Fsp3) is 0.462. The second kappa shape index (κ2) is 4.15. The predicted octanol–water partition coefficient (Wildman–Crippen LogP) is 2.50. The Morgan fingerprint density at radius 2 is 2.13 bits per heavy atom. The normalized spacial score (nSPS) is 18.3. The molecule has 0 aliphatic carbocycles. The van der Waals surface area contributed by atoms with Gasteiger partial charge in [0, 0.05) is 25.5 Å². The molecule has 0 fully saturated rings. The molecule has 1 aromatic rings. The molecule has 1 aliphatic heterocycles. The van der Waals surface area contributed by atoms with Crippen LogP contribution in [0, 0.1) is 6.92 Å². The maximum Gasteiger partial charge on any atom is 0.0303 e. The fourth-order valence-electron chi connectivity index (χ4n) is 2.27. The Labute approximate surface area is 91.6 Å². The van der Waals surface area contributed by atoms with Crippen molar-refractivity contribution in [3.8, 4) is 0 Å². The number of likely N-dealkylation sites (N-methyl/N-ethyl adjacent to an activating group) is 1. The van der Waals surface area contributed by atoms with E-state index in [4.69, 9.17) is 0 Å². The highest BCUT2D eigenvalue weighted by Crippen LogP contribution is 2.28. The molecule has 0 bridgehead atoms. The van der Waals surface area contributed by atoms with Gasteiger partial charge in [0.05, 0.1) is 0 Å². The van der Waals surface area contributed by atoms with Crippen LogP contribution in [0.4, 0.5) is 0 Å². The Morgan fingerprint density at radius 1 is 1.33 bits per heavy atom. The minimum Gasteiger partial charge on any atom is -0.302 e. The first kappa shape index (κ1) is 10.4. The molecule has 0 N–H and O–H groups in total.